The Morgan fingerprint density at radius 2 is 2.07 bits per heavy atom. The van der Waals surface area contributed by atoms with Gasteiger partial charge in [0.05, 0.1) is 38.5 Å². The number of benzene rings is 1. The summed E-state index contributed by atoms with van der Waals surface area (Å²) in [6, 6.07) is 9.83. The van der Waals surface area contributed by atoms with Gasteiger partial charge in [-0.25, -0.2) is 9.78 Å². The highest BCUT2D eigenvalue weighted by Crippen LogP contribution is 2.38. The van der Waals surface area contributed by atoms with E-state index in [1.165, 1.54) is 5.19 Å². The number of ether oxygens (including phenoxy) is 1. The molecular weight excluding hydrogens is 372 g/mol. The molecule has 2 aliphatic heterocycles. The van der Waals surface area contributed by atoms with Crippen LogP contribution in [0.25, 0.3) is 22.3 Å². The minimum Gasteiger partial charge on any atom is -0.458 e. The lowest BCUT2D eigenvalue weighted by atomic mass is 9.86. The normalized spacial score (nSPS) is 20.3. The van der Waals surface area contributed by atoms with Gasteiger partial charge in [0.25, 0.3) is 5.56 Å². The molecule has 0 unspecified atom stereocenters. The van der Waals surface area contributed by atoms with Crippen molar-refractivity contribution in [2.24, 2.45) is 0 Å². The third-order valence-electron chi connectivity index (χ3n) is 6.07. The molecule has 0 bridgehead atoms. The zero-order valence-electron chi connectivity index (χ0n) is 15.8. The number of carbonyl (C=O) groups is 1. The van der Waals surface area contributed by atoms with Crippen LogP contribution in [0.5, 0.6) is 0 Å². The monoisotopic (exact) mass is 392 g/mol. The second-order valence-electron chi connectivity index (χ2n) is 7.39. The van der Waals surface area contributed by atoms with E-state index in [2.05, 4.69) is 12.6 Å². The van der Waals surface area contributed by atoms with Gasteiger partial charge in [0.1, 0.15) is 6.61 Å². The summed E-state index contributed by atoms with van der Waals surface area (Å²) < 4.78 is 6.83. The molecule has 2 aromatic heterocycles. The average Bonchev–Trinajstić information content (AvgIpc) is 3.08. The molecule has 0 amide bonds. The summed E-state index contributed by atoms with van der Waals surface area (Å²) in [7, 11) is -0.515. The van der Waals surface area contributed by atoms with Gasteiger partial charge in [0.15, 0.2) is 5.60 Å². The van der Waals surface area contributed by atoms with Crippen molar-refractivity contribution in [2.45, 2.75) is 38.6 Å². The molecule has 0 saturated carbocycles. The first-order chi connectivity index (χ1) is 13.5. The van der Waals surface area contributed by atoms with Crippen LogP contribution in [0.4, 0.5) is 0 Å². The van der Waals surface area contributed by atoms with Crippen LogP contribution >= 0.6 is 0 Å². The molecule has 0 fully saturated rings. The molecule has 0 spiro atoms. The first-order valence-electron chi connectivity index (χ1n) is 9.57. The van der Waals surface area contributed by atoms with Gasteiger partial charge < -0.3 is 14.4 Å². The number of nitrogens with zero attached hydrogens (tertiary/aromatic N) is 2. The highest BCUT2D eigenvalue weighted by Gasteiger charge is 2.45. The van der Waals surface area contributed by atoms with Crippen molar-refractivity contribution in [1.29, 1.82) is 0 Å². The molecule has 142 valence electrons. The fourth-order valence-electron chi connectivity index (χ4n) is 4.52. The molecule has 7 heteroatoms. The fraction of sp³-hybridized carbons (Fsp3) is 0.286. The van der Waals surface area contributed by atoms with E-state index < -0.39 is 21.1 Å². The predicted octanol–water partition coefficient (Wildman–Crippen LogP) is 0.922. The van der Waals surface area contributed by atoms with Crippen molar-refractivity contribution in [2.75, 3.05) is 0 Å². The number of cyclic esters (lactones) is 1. The maximum absolute atomic E-state index is 13.2. The lowest BCUT2D eigenvalue weighted by Gasteiger charge is -2.31. The maximum atomic E-state index is 13.2. The quantitative estimate of drug-likeness (QED) is 0.405. The maximum Gasteiger partial charge on any atom is 0.343 e. The van der Waals surface area contributed by atoms with Crippen LogP contribution in [-0.4, -0.2) is 30.1 Å². The Morgan fingerprint density at radius 1 is 1.29 bits per heavy atom. The van der Waals surface area contributed by atoms with Crippen molar-refractivity contribution in [3.8, 4) is 11.4 Å². The van der Waals surface area contributed by atoms with Crippen LogP contribution in [0.15, 0.2) is 35.1 Å². The number of esters is 1. The molecule has 0 aliphatic carbocycles. The van der Waals surface area contributed by atoms with E-state index in [9.17, 15) is 14.7 Å². The summed E-state index contributed by atoms with van der Waals surface area (Å²) in [6.07, 6.45) is 0.146. The van der Waals surface area contributed by atoms with Gasteiger partial charge in [-0.05, 0) is 29.5 Å². The number of para-hydroxylation sites is 1. The van der Waals surface area contributed by atoms with Crippen LogP contribution in [0, 0.1) is 0 Å². The molecule has 4 heterocycles. The van der Waals surface area contributed by atoms with E-state index in [0.29, 0.717) is 23.4 Å². The minimum absolute atomic E-state index is 0.100. The summed E-state index contributed by atoms with van der Waals surface area (Å²) in [5, 5.41) is 13.4. The van der Waals surface area contributed by atoms with E-state index in [1.807, 2.05) is 18.2 Å². The molecule has 28 heavy (non-hydrogen) atoms. The Morgan fingerprint density at radius 3 is 2.82 bits per heavy atom. The Kier molecular flexibility index (Phi) is 3.63. The molecule has 1 atom stereocenters. The van der Waals surface area contributed by atoms with Crippen LogP contribution in [0.1, 0.15) is 30.0 Å². The first-order valence-corrected chi connectivity index (χ1v) is 11.7. The second-order valence-corrected chi connectivity index (χ2v) is 8.81. The highest BCUT2D eigenvalue weighted by atomic mass is 28.2. The summed E-state index contributed by atoms with van der Waals surface area (Å²) in [6.45, 7) is 4.32. The SMILES string of the molecule is CC[C@@]1(O)C(=O)OCc2c1cc1n(c2=O)Cc2c-1nc1ccccc1c2[SiH2]C. The molecule has 3 aromatic rings. The van der Waals surface area contributed by atoms with Crippen LogP contribution in [0.2, 0.25) is 6.55 Å². The van der Waals surface area contributed by atoms with E-state index in [0.717, 1.165) is 22.2 Å². The molecular formula is C21H20N2O4Si. The summed E-state index contributed by atoms with van der Waals surface area (Å²) in [5.74, 6) is -0.696. The molecule has 2 aliphatic rings. The van der Waals surface area contributed by atoms with E-state index in [-0.39, 0.29) is 18.6 Å². The van der Waals surface area contributed by atoms with Gasteiger partial charge >= 0.3 is 5.97 Å². The number of pyridine rings is 2. The lowest BCUT2D eigenvalue weighted by molar-refractivity contribution is -0.172. The van der Waals surface area contributed by atoms with Crippen molar-refractivity contribution in [1.82, 2.24) is 9.55 Å². The first kappa shape index (κ1) is 17.3. The summed E-state index contributed by atoms with van der Waals surface area (Å²) >= 11 is 0. The van der Waals surface area contributed by atoms with Gasteiger partial charge in [-0.3, -0.25) is 4.79 Å². The van der Waals surface area contributed by atoms with Gasteiger partial charge in [-0.15, -0.1) is 0 Å². The standard InChI is InChI=1S/C21H20N2O4Si/c1-3-21(26)14-8-16-17-12(9-23(16)19(24)13(14)10-27-20(21)25)18(28-2)11-6-4-5-7-15(11)22-17/h4-8,26H,3,9-10,28H2,1-2H3/t21-/m0/s1. The zero-order chi connectivity index (χ0) is 19.6. The number of aromatic nitrogens is 2. The van der Waals surface area contributed by atoms with Gasteiger partial charge in [-0.1, -0.05) is 36.9 Å². The largest absolute Gasteiger partial charge is 0.458 e. The van der Waals surface area contributed by atoms with Crippen LogP contribution in [0.3, 0.4) is 0 Å². The van der Waals surface area contributed by atoms with Gasteiger partial charge in [-0.2, -0.15) is 0 Å². The predicted molar refractivity (Wildman–Crippen MR) is 109 cm³/mol. The summed E-state index contributed by atoms with van der Waals surface area (Å²) in [4.78, 5) is 30.3. The van der Waals surface area contributed by atoms with Crippen molar-refractivity contribution >= 4 is 31.6 Å². The van der Waals surface area contributed by atoms with E-state index in [4.69, 9.17) is 9.72 Å². The number of carbonyl (C=O) groups excluding carboxylic acids is 1. The molecule has 1 N–H and O–H groups in total. The lowest BCUT2D eigenvalue weighted by Crippen LogP contribution is -2.44. The number of rotatable bonds is 2. The van der Waals surface area contributed by atoms with Crippen LogP contribution < -0.4 is 10.7 Å². The molecule has 0 saturated heterocycles. The third-order valence-corrected chi connectivity index (χ3v) is 7.58. The number of hydrogen-bond acceptors (Lipinski definition) is 5. The second kappa shape index (κ2) is 5.86. The molecule has 0 radical (unpaired) electrons. The third kappa shape index (κ3) is 2.08. The zero-order valence-corrected chi connectivity index (χ0v) is 17.2. The highest BCUT2D eigenvalue weighted by molar-refractivity contribution is 6.56. The Hall–Kier alpha value is -2.77. The molecule has 1 aromatic carbocycles. The van der Waals surface area contributed by atoms with E-state index in [1.54, 1.807) is 17.6 Å². The number of fused-ring (bicyclic) bond motifs is 5. The topological polar surface area (TPSA) is 81.4 Å². The van der Waals surface area contributed by atoms with Crippen molar-refractivity contribution < 1.29 is 14.6 Å². The van der Waals surface area contributed by atoms with Gasteiger partial charge in [0.2, 0.25) is 0 Å². The Labute approximate surface area is 163 Å². The van der Waals surface area contributed by atoms with E-state index >= 15 is 0 Å². The Balaban J connectivity index is 1.84. The molecule has 6 nitrogen and oxygen atoms in total. The Bertz CT molecular complexity index is 1230. The smallest absolute Gasteiger partial charge is 0.343 e. The molecule has 5 rings (SSSR count). The van der Waals surface area contributed by atoms with Crippen molar-refractivity contribution in [3.05, 3.63) is 57.4 Å². The fourth-order valence-corrected chi connectivity index (χ4v) is 5.90. The van der Waals surface area contributed by atoms with Crippen molar-refractivity contribution in [3.63, 3.8) is 0 Å². The number of aliphatic hydroxyl groups is 1. The number of hydrogen-bond donors (Lipinski definition) is 1. The minimum atomic E-state index is -1.79. The van der Waals surface area contributed by atoms with Gasteiger partial charge in [0, 0.05) is 5.56 Å². The van der Waals surface area contributed by atoms with Crippen LogP contribution in [-0.2, 0) is 28.3 Å². The summed E-state index contributed by atoms with van der Waals surface area (Å²) in [5.41, 5.74) is 2.20. The average molecular weight is 392 g/mol.